The van der Waals surface area contributed by atoms with Crippen LogP contribution in [0, 0.1) is 0 Å². The Labute approximate surface area is 316 Å². The van der Waals surface area contributed by atoms with Gasteiger partial charge in [-0.25, -0.2) is 20.0 Å². The van der Waals surface area contributed by atoms with Crippen LogP contribution in [0.2, 0.25) is 0 Å². The Morgan fingerprint density at radius 1 is 0.333 bits per heavy atom. The third-order valence-corrected chi connectivity index (χ3v) is 10.2. The lowest BCUT2D eigenvalue weighted by molar-refractivity contribution is 0.312. The van der Waals surface area contributed by atoms with Crippen LogP contribution in [0.15, 0.2) is 153 Å². The zero-order valence-corrected chi connectivity index (χ0v) is 30.1. The minimum atomic E-state index is -0.0211. The van der Waals surface area contributed by atoms with Crippen molar-refractivity contribution in [2.45, 2.75) is 49.9 Å². The van der Waals surface area contributed by atoms with Gasteiger partial charge >= 0.3 is 0 Å². The molecule has 4 aliphatic rings. The third kappa shape index (κ3) is 7.69. The molecule has 0 spiro atoms. The van der Waals surface area contributed by atoms with E-state index in [-0.39, 0.29) is 24.2 Å². The van der Waals surface area contributed by atoms with E-state index < -0.39 is 0 Å². The van der Waals surface area contributed by atoms with Crippen LogP contribution in [-0.2, 0) is 44.6 Å². The molecule has 8 heteroatoms. The maximum Gasteiger partial charge on any atom is 0.217 e. The van der Waals surface area contributed by atoms with Crippen molar-refractivity contribution in [3.8, 4) is 0 Å². The van der Waals surface area contributed by atoms with Gasteiger partial charge in [-0.05, 0) is 60.1 Å². The molecule has 0 aromatic heterocycles. The molecule has 8 nitrogen and oxygen atoms in total. The Kier molecular flexibility index (Phi) is 9.72. The van der Waals surface area contributed by atoms with Crippen molar-refractivity contribution in [1.82, 2.24) is 0 Å². The molecule has 5 aromatic carbocycles. The van der Waals surface area contributed by atoms with Crippen LogP contribution in [0.25, 0.3) is 0 Å². The van der Waals surface area contributed by atoms with Crippen LogP contribution in [0.4, 0.5) is 0 Å². The van der Waals surface area contributed by atoms with E-state index in [1.165, 1.54) is 22.3 Å². The lowest BCUT2D eigenvalue weighted by Crippen LogP contribution is -2.18. The summed E-state index contributed by atoms with van der Waals surface area (Å²) in [4.78, 5) is 20.6. The van der Waals surface area contributed by atoms with Crippen molar-refractivity contribution in [3.63, 3.8) is 0 Å². The van der Waals surface area contributed by atoms with Crippen molar-refractivity contribution in [3.05, 3.63) is 178 Å². The zero-order chi connectivity index (χ0) is 36.1. The molecule has 0 saturated carbocycles. The van der Waals surface area contributed by atoms with Crippen molar-refractivity contribution < 1.29 is 18.9 Å². The Balaban J connectivity index is 1.12. The normalized spacial score (nSPS) is 21.6. The molecule has 0 unspecified atom stereocenters. The van der Waals surface area contributed by atoms with E-state index in [2.05, 4.69) is 109 Å². The number of rotatable bonds is 12. The van der Waals surface area contributed by atoms with Crippen LogP contribution in [-0.4, -0.2) is 74.2 Å². The molecule has 4 heterocycles. The van der Waals surface area contributed by atoms with E-state index in [4.69, 9.17) is 38.9 Å². The Hall–Kier alpha value is -6.02. The van der Waals surface area contributed by atoms with Gasteiger partial charge in [0.2, 0.25) is 23.6 Å². The molecule has 0 N–H and O–H groups in total. The summed E-state index contributed by atoms with van der Waals surface area (Å²) in [6.07, 6.45) is 3.13. The lowest BCUT2D eigenvalue weighted by Gasteiger charge is -2.16. The van der Waals surface area contributed by atoms with Gasteiger partial charge in [0, 0.05) is 22.3 Å². The molecular weight excluding hydrogens is 673 g/mol. The number of benzene rings is 5. The van der Waals surface area contributed by atoms with Gasteiger partial charge in [0.25, 0.3) is 0 Å². The second-order valence-corrected chi connectivity index (χ2v) is 14.3. The molecule has 0 amide bonds. The molecular formula is C46H42N4O4. The quantitative estimate of drug-likeness (QED) is 0.136. The van der Waals surface area contributed by atoms with Crippen molar-refractivity contribution >= 4 is 23.6 Å². The monoisotopic (exact) mass is 714 g/mol. The maximum absolute atomic E-state index is 6.41. The van der Waals surface area contributed by atoms with E-state index >= 15 is 0 Å². The molecule has 0 saturated heterocycles. The number of aliphatic imine (C=N–C) groups is 4. The van der Waals surface area contributed by atoms with Gasteiger partial charge < -0.3 is 18.9 Å². The summed E-state index contributed by atoms with van der Waals surface area (Å²) in [5.41, 5.74) is 8.06. The fourth-order valence-corrected chi connectivity index (χ4v) is 7.52. The predicted octanol–water partition coefficient (Wildman–Crippen LogP) is 7.24. The average molecular weight is 715 g/mol. The summed E-state index contributed by atoms with van der Waals surface area (Å²) >= 11 is 0. The Bertz CT molecular complexity index is 1890. The smallest absolute Gasteiger partial charge is 0.217 e. The van der Waals surface area contributed by atoms with E-state index in [0.717, 1.165) is 47.9 Å². The molecule has 270 valence electrons. The maximum atomic E-state index is 6.41. The van der Waals surface area contributed by atoms with E-state index in [1.54, 1.807) is 0 Å². The van der Waals surface area contributed by atoms with Gasteiger partial charge in [0.05, 0.1) is 24.2 Å². The van der Waals surface area contributed by atoms with Crippen LogP contribution in [0.5, 0.6) is 0 Å². The fourth-order valence-electron chi connectivity index (χ4n) is 7.52. The van der Waals surface area contributed by atoms with Gasteiger partial charge in [-0.2, -0.15) is 0 Å². The minimum Gasteiger partial charge on any atom is -0.475 e. The summed E-state index contributed by atoms with van der Waals surface area (Å²) < 4.78 is 25.6. The van der Waals surface area contributed by atoms with Crippen LogP contribution >= 0.6 is 0 Å². The second-order valence-electron chi connectivity index (χ2n) is 14.3. The highest BCUT2D eigenvalue weighted by Crippen LogP contribution is 2.30. The first kappa shape index (κ1) is 33.8. The molecule has 54 heavy (non-hydrogen) atoms. The van der Waals surface area contributed by atoms with Gasteiger partial charge in [0.15, 0.2) is 0 Å². The first-order valence-corrected chi connectivity index (χ1v) is 18.9. The summed E-state index contributed by atoms with van der Waals surface area (Å²) in [7, 11) is 0. The zero-order valence-electron chi connectivity index (χ0n) is 30.1. The highest BCUT2D eigenvalue weighted by atomic mass is 16.5. The van der Waals surface area contributed by atoms with Gasteiger partial charge in [-0.15, -0.1) is 0 Å². The van der Waals surface area contributed by atoms with Crippen molar-refractivity contribution in [1.29, 1.82) is 0 Å². The topological polar surface area (TPSA) is 86.4 Å². The van der Waals surface area contributed by atoms with Crippen molar-refractivity contribution in [2.24, 2.45) is 20.0 Å². The highest BCUT2D eigenvalue weighted by molar-refractivity contribution is 6.15. The molecule has 4 aliphatic heterocycles. The van der Waals surface area contributed by atoms with Gasteiger partial charge in [0.1, 0.15) is 26.4 Å². The van der Waals surface area contributed by atoms with E-state index in [1.807, 2.05) is 24.3 Å². The molecule has 0 aliphatic carbocycles. The second kappa shape index (κ2) is 15.5. The molecule has 9 rings (SSSR count). The number of hydrogen-bond donors (Lipinski definition) is 0. The standard InChI is InChI=1S/C46H42N4O4/c1-5-13-31(14-6-1)21-35-27-51-43(47-35)39-25-41(45-49-37(29-53-45)23-33-17-9-3-10-18-33)42(46-50-38(30-54-46)24-34-19-11-4-12-20-34)26-40(39)44-48-36(28-52-44)22-32-15-7-2-8-16-32/h1-20,25-26,35-38H,21-24,27-30H2/t35-,36-,37-,38-/m1/s1. The predicted molar refractivity (Wildman–Crippen MR) is 212 cm³/mol. The molecule has 0 radical (unpaired) electrons. The largest absolute Gasteiger partial charge is 0.475 e. The first-order chi connectivity index (χ1) is 26.7. The van der Waals surface area contributed by atoms with E-state index in [0.29, 0.717) is 50.0 Å². The summed E-state index contributed by atoms with van der Waals surface area (Å²) in [6.45, 7) is 1.94. The van der Waals surface area contributed by atoms with E-state index in [9.17, 15) is 0 Å². The summed E-state index contributed by atoms with van der Waals surface area (Å²) in [5.74, 6) is 2.25. The Morgan fingerprint density at radius 3 is 0.778 bits per heavy atom. The van der Waals surface area contributed by atoms with Gasteiger partial charge in [-0.3, -0.25) is 0 Å². The number of nitrogens with zero attached hydrogens (tertiary/aromatic N) is 4. The third-order valence-electron chi connectivity index (χ3n) is 10.2. The first-order valence-electron chi connectivity index (χ1n) is 18.9. The van der Waals surface area contributed by atoms with Gasteiger partial charge in [-0.1, -0.05) is 121 Å². The minimum absolute atomic E-state index is 0.0211. The fraction of sp³-hybridized carbons (Fsp3) is 0.261. The number of hydrogen-bond acceptors (Lipinski definition) is 8. The Morgan fingerprint density at radius 2 is 0.556 bits per heavy atom. The summed E-state index contributed by atoms with van der Waals surface area (Å²) in [5, 5.41) is 0. The number of ether oxygens (including phenoxy) is 4. The van der Waals surface area contributed by atoms with Crippen LogP contribution in [0.1, 0.15) is 44.5 Å². The van der Waals surface area contributed by atoms with Crippen molar-refractivity contribution in [2.75, 3.05) is 26.4 Å². The highest BCUT2D eigenvalue weighted by Gasteiger charge is 2.34. The molecule has 4 atom stereocenters. The van der Waals surface area contributed by atoms with Crippen LogP contribution < -0.4 is 0 Å². The lowest BCUT2D eigenvalue weighted by atomic mass is 9.97. The molecule has 0 fully saturated rings. The average Bonchev–Trinajstić information content (AvgIpc) is 4.05. The van der Waals surface area contributed by atoms with Crippen LogP contribution in [0.3, 0.4) is 0 Å². The molecule has 0 bridgehead atoms. The summed E-state index contributed by atoms with van der Waals surface area (Å²) in [6, 6.07) is 45.8. The SMILES string of the molecule is c1ccc(C[C@@H]2COC(c3cc(C4=N[C@H](Cc5ccccc5)CO4)c(C4=N[C@H](Cc5ccccc5)CO4)cc3C3=N[C@H](Cc4ccccc4)CO3)=N2)cc1. The molecule has 5 aromatic rings.